The number of carbonyl (C=O) groups excluding carboxylic acids is 1. The molecule has 122 valence electrons. The van der Waals surface area contributed by atoms with E-state index in [4.69, 9.17) is 9.47 Å². The van der Waals surface area contributed by atoms with E-state index in [1.54, 1.807) is 7.11 Å². The molecule has 0 aliphatic heterocycles. The fraction of sp³-hybridized carbons (Fsp3) is 0.278. The minimum absolute atomic E-state index is 0.234. The van der Waals surface area contributed by atoms with Crippen LogP contribution >= 0.6 is 0 Å². The summed E-state index contributed by atoms with van der Waals surface area (Å²) < 4.78 is 10.8. The summed E-state index contributed by atoms with van der Waals surface area (Å²) in [4.78, 5) is 12.0. The van der Waals surface area contributed by atoms with Crippen molar-refractivity contribution in [2.24, 2.45) is 0 Å². The van der Waals surface area contributed by atoms with Gasteiger partial charge in [-0.3, -0.25) is 0 Å². The molecule has 0 saturated carbocycles. The first-order chi connectivity index (χ1) is 11.2. The first-order valence-electron chi connectivity index (χ1n) is 7.59. The molecule has 0 spiro atoms. The zero-order valence-electron chi connectivity index (χ0n) is 13.5. The van der Waals surface area contributed by atoms with Crippen LogP contribution in [0, 0.1) is 0 Å². The van der Waals surface area contributed by atoms with Crippen molar-refractivity contribution in [1.82, 2.24) is 10.6 Å². The standard InChI is InChI=1S/C18H22N2O3/c1-3-23-17-11-7-5-9-15(17)13-20-18(21)19-12-14-8-4-6-10-16(14)22-2/h4-11H,3,12-13H2,1-2H3,(H2,19,20,21). The molecule has 23 heavy (non-hydrogen) atoms. The zero-order valence-corrected chi connectivity index (χ0v) is 13.5. The van der Waals surface area contributed by atoms with Gasteiger partial charge in [-0.25, -0.2) is 4.79 Å². The second-order valence-electron chi connectivity index (χ2n) is 4.89. The van der Waals surface area contributed by atoms with Crippen molar-refractivity contribution in [3.05, 3.63) is 59.7 Å². The molecule has 0 radical (unpaired) electrons. The van der Waals surface area contributed by atoms with Crippen LogP contribution in [0.5, 0.6) is 11.5 Å². The molecule has 2 aromatic carbocycles. The molecule has 0 fully saturated rings. The number of amides is 2. The summed E-state index contributed by atoms with van der Waals surface area (Å²) in [5, 5.41) is 5.66. The van der Waals surface area contributed by atoms with E-state index < -0.39 is 0 Å². The van der Waals surface area contributed by atoms with E-state index in [9.17, 15) is 4.79 Å². The third-order valence-corrected chi connectivity index (χ3v) is 3.34. The second kappa shape index (κ2) is 8.68. The van der Waals surface area contributed by atoms with Gasteiger partial charge in [-0.15, -0.1) is 0 Å². The van der Waals surface area contributed by atoms with Crippen LogP contribution in [0.1, 0.15) is 18.1 Å². The Morgan fingerprint density at radius 1 is 0.913 bits per heavy atom. The van der Waals surface area contributed by atoms with E-state index in [1.807, 2.05) is 55.5 Å². The van der Waals surface area contributed by atoms with Gasteiger partial charge in [0.25, 0.3) is 0 Å². The van der Waals surface area contributed by atoms with Crippen LogP contribution in [0.4, 0.5) is 4.79 Å². The summed E-state index contributed by atoms with van der Waals surface area (Å²) in [6.07, 6.45) is 0. The Morgan fingerprint density at radius 2 is 1.43 bits per heavy atom. The Morgan fingerprint density at radius 3 is 2.00 bits per heavy atom. The van der Waals surface area contributed by atoms with Gasteiger partial charge in [-0.1, -0.05) is 36.4 Å². The van der Waals surface area contributed by atoms with Crippen molar-refractivity contribution >= 4 is 6.03 Å². The van der Waals surface area contributed by atoms with E-state index in [0.29, 0.717) is 19.7 Å². The molecule has 0 aliphatic rings. The number of benzene rings is 2. The maximum atomic E-state index is 12.0. The van der Waals surface area contributed by atoms with Crippen molar-refractivity contribution in [2.75, 3.05) is 13.7 Å². The number of methoxy groups -OCH3 is 1. The van der Waals surface area contributed by atoms with Crippen LogP contribution in [0.25, 0.3) is 0 Å². The summed E-state index contributed by atoms with van der Waals surface area (Å²) in [5.41, 5.74) is 1.88. The van der Waals surface area contributed by atoms with E-state index in [-0.39, 0.29) is 6.03 Å². The van der Waals surface area contributed by atoms with Gasteiger partial charge in [-0.05, 0) is 19.1 Å². The van der Waals surface area contributed by atoms with Crippen molar-refractivity contribution in [3.8, 4) is 11.5 Å². The van der Waals surface area contributed by atoms with E-state index in [2.05, 4.69) is 10.6 Å². The number of rotatable bonds is 7. The van der Waals surface area contributed by atoms with Crippen molar-refractivity contribution in [3.63, 3.8) is 0 Å². The maximum absolute atomic E-state index is 12.0. The molecule has 0 aromatic heterocycles. The average molecular weight is 314 g/mol. The minimum atomic E-state index is -0.234. The Bertz CT molecular complexity index is 644. The predicted molar refractivity (Wildman–Crippen MR) is 89.7 cm³/mol. The number of nitrogens with one attached hydrogen (secondary N) is 2. The van der Waals surface area contributed by atoms with Gasteiger partial charge < -0.3 is 20.1 Å². The van der Waals surface area contributed by atoms with Crippen molar-refractivity contribution in [1.29, 1.82) is 0 Å². The Balaban J connectivity index is 1.86. The van der Waals surface area contributed by atoms with Crippen LogP contribution in [0.15, 0.2) is 48.5 Å². The maximum Gasteiger partial charge on any atom is 0.315 e. The molecule has 0 bridgehead atoms. The third-order valence-electron chi connectivity index (χ3n) is 3.34. The van der Waals surface area contributed by atoms with Crippen LogP contribution in [0.2, 0.25) is 0 Å². The quantitative estimate of drug-likeness (QED) is 0.825. The number of hydrogen-bond donors (Lipinski definition) is 2. The molecule has 0 saturated heterocycles. The SMILES string of the molecule is CCOc1ccccc1CNC(=O)NCc1ccccc1OC. The highest BCUT2D eigenvalue weighted by atomic mass is 16.5. The lowest BCUT2D eigenvalue weighted by molar-refractivity contribution is 0.239. The lowest BCUT2D eigenvalue weighted by atomic mass is 10.2. The van der Waals surface area contributed by atoms with Gasteiger partial charge in [0, 0.05) is 24.2 Å². The van der Waals surface area contributed by atoms with Gasteiger partial charge in [0.05, 0.1) is 13.7 Å². The first kappa shape index (κ1) is 16.7. The number of urea groups is 1. The highest BCUT2D eigenvalue weighted by molar-refractivity contribution is 5.74. The van der Waals surface area contributed by atoms with Crippen LogP contribution in [-0.2, 0) is 13.1 Å². The summed E-state index contributed by atoms with van der Waals surface area (Å²) in [6, 6.07) is 15.0. The molecule has 2 rings (SSSR count). The van der Waals surface area contributed by atoms with E-state index in [0.717, 1.165) is 22.6 Å². The highest BCUT2D eigenvalue weighted by Crippen LogP contribution is 2.18. The Kier molecular flexibility index (Phi) is 6.29. The predicted octanol–water partition coefficient (Wildman–Crippen LogP) is 3.09. The van der Waals surface area contributed by atoms with E-state index in [1.165, 1.54) is 0 Å². The molecule has 0 heterocycles. The summed E-state index contributed by atoms with van der Waals surface area (Å²) in [5.74, 6) is 1.55. The molecule has 5 nitrogen and oxygen atoms in total. The van der Waals surface area contributed by atoms with Crippen LogP contribution in [-0.4, -0.2) is 19.7 Å². The monoisotopic (exact) mass is 314 g/mol. The van der Waals surface area contributed by atoms with Crippen LogP contribution < -0.4 is 20.1 Å². The fourth-order valence-electron chi connectivity index (χ4n) is 2.21. The molecule has 5 heteroatoms. The van der Waals surface area contributed by atoms with Gasteiger partial charge in [0.1, 0.15) is 11.5 Å². The van der Waals surface area contributed by atoms with E-state index >= 15 is 0 Å². The fourth-order valence-corrected chi connectivity index (χ4v) is 2.21. The summed E-state index contributed by atoms with van der Waals surface area (Å²) in [7, 11) is 1.61. The smallest absolute Gasteiger partial charge is 0.315 e. The molecular formula is C18H22N2O3. The molecular weight excluding hydrogens is 292 g/mol. The van der Waals surface area contributed by atoms with Gasteiger partial charge in [-0.2, -0.15) is 0 Å². The molecule has 0 atom stereocenters. The minimum Gasteiger partial charge on any atom is -0.496 e. The highest BCUT2D eigenvalue weighted by Gasteiger charge is 2.07. The van der Waals surface area contributed by atoms with Crippen molar-refractivity contribution < 1.29 is 14.3 Å². The van der Waals surface area contributed by atoms with Crippen molar-refractivity contribution in [2.45, 2.75) is 20.0 Å². The Hall–Kier alpha value is -2.69. The molecule has 2 amide bonds. The topological polar surface area (TPSA) is 59.6 Å². The largest absolute Gasteiger partial charge is 0.496 e. The molecule has 0 aliphatic carbocycles. The number of hydrogen-bond acceptors (Lipinski definition) is 3. The lowest BCUT2D eigenvalue weighted by Crippen LogP contribution is -2.34. The van der Waals surface area contributed by atoms with Gasteiger partial charge >= 0.3 is 6.03 Å². The molecule has 0 unspecified atom stereocenters. The van der Waals surface area contributed by atoms with Gasteiger partial charge in [0.15, 0.2) is 0 Å². The average Bonchev–Trinajstić information content (AvgIpc) is 2.59. The van der Waals surface area contributed by atoms with Gasteiger partial charge in [0.2, 0.25) is 0 Å². The lowest BCUT2D eigenvalue weighted by Gasteiger charge is -2.12. The second-order valence-corrected chi connectivity index (χ2v) is 4.89. The molecule has 2 N–H and O–H groups in total. The first-order valence-corrected chi connectivity index (χ1v) is 7.59. The summed E-state index contributed by atoms with van der Waals surface area (Å²) >= 11 is 0. The number of para-hydroxylation sites is 2. The molecule has 2 aromatic rings. The van der Waals surface area contributed by atoms with Crippen LogP contribution in [0.3, 0.4) is 0 Å². The normalized spacial score (nSPS) is 10.0. The summed E-state index contributed by atoms with van der Waals surface area (Å²) in [6.45, 7) is 3.35. The zero-order chi connectivity index (χ0) is 16.5. The third kappa shape index (κ3) is 4.92. The number of carbonyl (C=O) groups is 1. The number of ether oxygens (including phenoxy) is 2. The Labute approximate surface area is 136 Å².